The fourth-order valence-electron chi connectivity index (χ4n) is 6.81. The minimum absolute atomic E-state index is 0.105. The number of hydrogen-bond donors (Lipinski definition) is 0. The minimum atomic E-state index is 0.105. The average Bonchev–Trinajstić information content (AvgIpc) is 2.67. The Hall–Kier alpha value is -1.65. The molecule has 26 heavy (non-hydrogen) atoms. The van der Waals surface area contributed by atoms with E-state index in [2.05, 4.69) is 26.8 Å². The van der Waals surface area contributed by atoms with Crippen LogP contribution in [0.2, 0.25) is 0 Å². The number of carbonyl (C=O) groups excluding carboxylic acids is 1. The van der Waals surface area contributed by atoms with Crippen molar-refractivity contribution in [1.29, 1.82) is 0 Å². The van der Waals surface area contributed by atoms with Crippen molar-refractivity contribution in [3.05, 3.63) is 18.6 Å². The molecule has 4 aliphatic carbocycles. The zero-order chi connectivity index (χ0) is 17.7. The van der Waals surface area contributed by atoms with Gasteiger partial charge in [0, 0.05) is 38.6 Å². The van der Waals surface area contributed by atoms with Crippen molar-refractivity contribution in [2.24, 2.45) is 29.6 Å². The standard InChI is InChI=1S/C21H30N4O/c1-24(20-17-8-14-7-15(10-17)11-18(20)9-14)21(26)16-3-2-6-25(13-16)19-12-22-4-5-23-19/h4-5,12,14-18,20H,2-3,6-11,13H2,1H3/t14?,15?,16-,17?,18?,20?/m1/s1. The number of carbonyl (C=O) groups is 1. The molecule has 5 heteroatoms. The highest BCUT2D eigenvalue weighted by molar-refractivity contribution is 5.80. The van der Waals surface area contributed by atoms with Crippen molar-refractivity contribution in [3.8, 4) is 0 Å². The molecule has 0 unspecified atom stereocenters. The van der Waals surface area contributed by atoms with Crippen LogP contribution in [0.4, 0.5) is 5.82 Å². The lowest BCUT2D eigenvalue weighted by Gasteiger charge is -2.57. The van der Waals surface area contributed by atoms with E-state index in [0.29, 0.717) is 11.9 Å². The molecule has 5 fully saturated rings. The lowest BCUT2D eigenvalue weighted by molar-refractivity contribution is -0.145. The van der Waals surface area contributed by atoms with E-state index in [4.69, 9.17) is 0 Å². The zero-order valence-corrected chi connectivity index (χ0v) is 15.8. The zero-order valence-electron chi connectivity index (χ0n) is 15.8. The Morgan fingerprint density at radius 2 is 1.85 bits per heavy atom. The van der Waals surface area contributed by atoms with E-state index in [1.54, 1.807) is 12.4 Å². The molecule has 2 heterocycles. The van der Waals surface area contributed by atoms with Crippen molar-refractivity contribution < 1.29 is 4.79 Å². The van der Waals surface area contributed by atoms with Gasteiger partial charge in [-0.05, 0) is 68.6 Å². The molecule has 0 spiro atoms. The van der Waals surface area contributed by atoms with Gasteiger partial charge in [0.25, 0.3) is 0 Å². The van der Waals surface area contributed by atoms with Crippen molar-refractivity contribution >= 4 is 11.7 Å². The topological polar surface area (TPSA) is 49.3 Å². The Bertz CT molecular complexity index is 635. The third kappa shape index (κ3) is 2.80. The van der Waals surface area contributed by atoms with E-state index in [1.807, 2.05) is 6.20 Å². The molecule has 1 aromatic heterocycles. The fraction of sp³-hybridized carbons (Fsp3) is 0.762. The van der Waals surface area contributed by atoms with Crippen LogP contribution in [0, 0.1) is 29.6 Å². The normalized spacial score (nSPS) is 38.4. The highest BCUT2D eigenvalue weighted by Gasteiger charge is 2.50. The molecule has 0 N–H and O–H groups in total. The molecule has 4 bridgehead atoms. The molecule has 140 valence electrons. The molecule has 5 aliphatic rings. The SMILES string of the molecule is CN(C(=O)[C@@H]1CCCN(c2cnccn2)C1)C1C2CC3CC(C2)CC1C3. The number of anilines is 1. The van der Waals surface area contributed by atoms with Crippen LogP contribution < -0.4 is 4.90 Å². The number of aromatic nitrogens is 2. The molecule has 0 radical (unpaired) electrons. The summed E-state index contributed by atoms with van der Waals surface area (Å²) < 4.78 is 0. The summed E-state index contributed by atoms with van der Waals surface area (Å²) in [6, 6.07) is 0.502. The Morgan fingerprint density at radius 3 is 2.50 bits per heavy atom. The average molecular weight is 354 g/mol. The summed E-state index contributed by atoms with van der Waals surface area (Å²) in [5, 5.41) is 0. The first kappa shape index (κ1) is 16.5. The smallest absolute Gasteiger partial charge is 0.227 e. The molecule has 0 aromatic carbocycles. The second-order valence-corrected chi connectivity index (χ2v) is 9.22. The predicted molar refractivity (Wildman–Crippen MR) is 101 cm³/mol. The number of piperidine rings is 1. The number of nitrogens with zero attached hydrogens (tertiary/aromatic N) is 4. The second-order valence-electron chi connectivity index (χ2n) is 9.22. The summed E-state index contributed by atoms with van der Waals surface area (Å²) in [5.41, 5.74) is 0. The maximum atomic E-state index is 13.4. The molecule has 1 aromatic rings. The van der Waals surface area contributed by atoms with Gasteiger partial charge < -0.3 is 9.80 Å². The lowest BCUT2D eigenvalue weighted by Crippen LogP contribution is -2.58. The Balaban J connectivity index is 1.28. The monoisotopic (exact) mass is 354 g/mol. The highest BCUT2D eigenvalue weighted by atomic mass is 16.2. The quantitative estimate of drug-likeness (QED) is 0.837. The van der Waals surface area contributed by atoms with Gasteiger partial charge in [-0.25, -0.2) is 4.98 Å². The van der Waals surface area contributed by atoms with Crippen LogP contribution in [0.1, 0.15) is 44.9 Å². The van der Waals surface area contributed by atoms with Gasteiger partial charge in [0.1, 0.15) is 5.82 Å². The van der Waals surface area contributed by atoms with Crippen LogP contribution in [0.3, 0.4) is 0 Å². The maximum absolute atomic E-state index is 13.4. The van der Waals surface area contributed by atoms with Gasteiger partial charge in [0.15, 0.2) is 0 Å². The first-order valence-corrected chi connectivity index (χ1v) is 10.5. The molecule has 6 rings (SSSR count). The van der Waals surface area contributed by atoms with E-state index < -0.39 is 0 Å². The first-order valence-electron chi connectivity index (χ1n) is 10.5. The van der Waals surface area contributed by atoms with Gasteiger partial charge in [0.05, 0.1) is 12.1 Å². The summed E-state index contributed by atoms with van der Waals surface area (Å²) in [4.78, 5) is 26.4. The van der Waals surface area contributed by atoms with Gasteiger partial charge in [-0.3, -0.25) is 9.78 Å². The van der Waals surface area contributed by atoms with Crippen molar-refractivity contribution in [3.63, 3.8) is 0 Å². The van der Waals surface area contributed by atoms with Crippen molar-refractivity contribution in [1.82, 2.24) is 14.9 Å². The molecular weight excluding hydrogens is 324 g/mol. The number of hydrogen-bond acceptors (Lipinski definition) is 4. The highest BCUT2D eigenvalue weighted by Crippen LogP contribution is 2.55. The minimum Gasteiger partial charge on any atom is -0.355 e. The van der Waals surface area contributed by atoms with Gasteiger partial charge in [-0.15, -0.1) is 0 Å². The fourth-order valence-corrected chi connectivity index (χ4v) is 6.81. The lowest BCUT2D eigenvalue weighted by atomic mass is 9.54. The largest absolute Gasteiger partial charge is 0.355 e. The number of amides is 1. The third-order valence-corrected chi connectivity index (χ3v) is 7.62. The molecule has 5 nitrogen and oxygen atoms in total. The van der Waals surface area contributed by atoms with E-state index in [1.165, 1.54) is 32.1 Å². The maximum Gasteiger partial charge on any atom is 0.227 e. The van der Waals surface area contributed by atoms with E-state index >= 15 is 0 Å². The van der Waals surface area contributed by atoms with Crippen molar-refractivity contribution in [2.45, 2.75) is 51.0 Å². The first-order chi connectivity index (χ1) is 12.7. The van der Waals surface area contributed by atoms with Crippen LogP contribution in [-0.4, -0.2) is 47.0 Å². The van der Waals surface area contributed by atoms with Gasteiger partial charge in [-0.1, -0.05) is 0 Å². The third-order valence-electron chi connectivity index (χ3n) is 7.62. The second kappa shape index (κ2) is 6.50. The molecule has 1 atom stereocenters. The Morgan fingerprint density at radius 1 is 1.12 bits per heavy atom. The molecule has 1 amide bonds. The van der Waals surface area contributed by atoms with Crippen LogP contribution in [0.5, 0.6) is 0 Å². The summed E-state index contributed by atoms with van der Waals surface area (Å²) in [6.07, 6.45) is 14.3. The van der Waals surface area contributed by atoms with Crippen LogP contribution in [-0.2, 0) is 4.79 Å². The van der Waals surface area contributed by atoms with Gasteiger partial charge >= 0.3 is 0 Å². The summed E-state index contributed by atoms with van der Waals surface area (Å²) in [6.45, 7) is 1.76. The van der Waals surface area contributed by atoms with Crippen molar-refractivity contribution in [2.75, 3.05) is 25.0 Å². The Labute approximate surface area is 156 Å². The van der Waals surface area contributed by atoms with E-state index in [-0.39, 0.29) is 5.92 Å². The summed E-state index contributed by atoms with van der Waals surface area (Å²) in [7, 11) is 2.09. The molecular formula is C21H30N4O. The van der Waals surface area contributed by atoms with Crippen LogP contribution in [0.15, 0.2) is 18.6 Å². The predicted octanol–water partition coefficient (Wildman–Crippen LogP) is 2.98. The van der Waals surface area contributed by atoms with E-state index in [9.17, 15) is 4.79 Å². The summed E-state index contributed by atoms with van der Waals surface area (Å²) in [5.74, 6) is 4.82. The molecule has 4 saturated carbocycles. The summed E-state index contributed by atoms with van der Waals surface area (Å²) >= 11 is 0. The van der Waals surface area contributed by atoms with Crippen LogP contribution in [0.25, 0.3) is 0 Å². The van der Waals surface area contributed by atoms with E-state index in [0.717, 1.165) is 55.4 Å². The number of rotatable bonds is 3. The van der Waals surface area contributed by atoms with Crippen LogP contribution >= 0.6 is 0 Å². The molecule has 1 saturated heterocycles. The molecule has 1 aliphatic heterocycles. The van der Waals surface area contributed by atoms with Gasteiger partial charge in [-0.2, -0.15) is 0 Å². The Kier molecular flexibility index (Phi) is 4.13. The van der Waals surface area contributed by atoms with Gasteiger partial charge in [0.2, 0.25) is 5.91 Å².